The van der Waals surface area contributed by atoms with Crippen LogP contribution in [0.2, 0.25) is 0 Å². The van der Waals surface area contributed by atoms with Crippen molar-refractivity contribution in [1.82, 2.24) is 0 Å². The van der Waals surface area contributed by atoms with Gasteiger partial charge < -0.3 is 14.3 Å². The third kappa shape index (κ3) is 2.12. The van der Waals surface area contributed by atoms with E-state index in [1.807, 2.05) is 30.3 Å². The Balaban J connectivity index is 2.10. The molecule has 0 radical (unpaired) electrons. The van der Waals surface area contributed by atoms with Crippen LogP contribution in [0.4, 0.5) is 0 Å². The fraction of sp³-hybridized carbons (Fsp3) is 0.0625. The summed E-state index contributed by atoms with van der Waals surface area (Å²) in [6.45, 7) is 0. The average Bonchev–Trinajstić information content (AvgIpc) is 2.90. The molecular formula is C16H12O4. The first kappa shape index (κ1) is 12.3. The highest BCUT2D eigenvalue weighted by molar-refractivity contribution is 5.94. The van der Waals surface area contributed by atoms with Crippen LogP contribution in [0.3, 0.4) is 0 Å². The van der Waals surface area contributed by atoms with Gasteiger partial charge in [-0.25, -0.2) is 4.79 Å². The molecule has 1 aromatic heterocycles. The molecule has 4 heteroatoms. The summed E-state index contributed by atoms with van der Waals surface area (Å²) in [6.07, 6.45) is 0. The Hall–Kier alpha value is -2.75. The van der Waals surface area contributed by atoms with Gasteiger partial charge in [0.2, 0.25) is 0 Å². The molecule has 0 fully saturated rings. The third-order valence-corrected chi connectivity index (χ3v) is 3.12. The molecule has 1 N–H and O–H groups in total. The largest absolute Gasteiger partial charge is 0.497 e. The second-order valence-corrected chi connectivity index (χ2v) is 4.40. The van der Waals surface area contributed by atoms with Crippen LogP contribution in [0.1, 0.15) is 10.4 Å². The zero-order valence-electron chi connectivity index (χ0n) is 10.8. The highest BCUT2D eigenvalue weighted by Gasteiger charge is 2.10. The fourth-order valence-corrected chi connectivity index (χ4v) is 2.09. The van der Waals surface area contributed by atoms with E-state index in [0.717, 1.165) is 16.7 Å². The molecule has 0 saturated carbocycles. The molecule has 0 atom stereocenters. The second kappa shape index (κ2) is 4.74. The lowest BCUT2D eigenvalue weighted by molar-refractivity contribution is 0.0697. The number of hydrogen-bond donors (Lipinski definition) is 1. The zero-order chi connectivity index (χ0) is 14.1. The maximum atomic E-state index is 11.0. The Labute approximate surface area is 115 Å². The van der Waals surface area contributed by atoms with Crippen LogP contribution in [0, 0.1) is 0 Å². The van der Waals surface area contributed by atoms with Crippen molar-refractivity contribution in [2.24, 2.45) is 0 Å². The van der Waals surface area contributed by atoms with Crippen LogP contribution in [-0.2, 0) is 0 Å². The van der Waals surface area contributed by atoms with Gasteiger partial charge in [-0.05, 0) is 36.4 Å². The van der Waals surface area contributed by atoms with Crippen LogP contribution < -0.4 is 4.74 Å². The van der Waals surface area contributed by atoms with Crippen molar-refractivity contribution in [2.45, 2.75) is 0 Å². The lowest BCUT2D eigenvalue weighted by Gasteiger charge is -2.01. The molecule has 3 rings (SSSR count). The van der Waals surface area contributed by atoms with Crippen molar-refractivity contribution in [1.29, 1.82) is 0 Å². The molecule has 0 spiro atoms. The number of benzene rings is 2. The summed E-state index contributed by atoms with van der Waals surface area (Å²) in [5, 5.41) is 9.76. The number of carbonyl (C=O) groups is 1. The predicted octanol–water partition coefficient (Wildman–Crippen LogP) is 3.81. The molecule has 0 aliphatic rings. The molecular weight excluding hydrogens is 256 g/mol. The standard InChI is InChI=1S/C16H12O4/c1-19-13-4-2-3-10(8-13)15-9-12-7-11(16(17)18)5-6-14(12)20-15/h2-9H,1H3,(H,17,18). The maximum absolute atomic E-state index is 11.0. The van der Waals surface area contributed by atoms with Crippen molar-refractivity contribution >= 4 is 16.9 Å². The number of carboxylic acid groups (broad SMARTS) is 1. The van der Waals surface area contributed by atoms with E-state index in [4.69, 9.17) is 14.3 Å². The highest BCUT2D eigenvalue weighted by Crippen LogP contribution is 2.30. The second-order valence-electron chi connectivity index (χ2n) is 4.40. The molecule has 20 heavy (non-hydrogen) atoms. The molecule has 100 valence electrons. The molecule has 2 aromatic carbocycles. The number of carboxylic acids is 1. The van der Waals surface area contributed by atoms with E-state index in [9.17, 15) is 4.79 Å². The van der Waals surface area contributed by atoms with E-state index in [1.54, 1.807) is 19.2 Å². The monoisotopic (exact) mass is 268 g/mol. The van der Waals surface area contributed by atoms with Gasteiger partial charge in [0.05, 0.1) is 12.7 Å². The van der Waals surface area contributed by atoms with E-state index in [2.05, 4.69) is 0 Å². The van der Waals surface area contributed by atoms with Gasteiger partial charge >= 0.3 is 5.97 Å². The van der Waals surface area contributed by atoms with Gasteiger partial charge in [0.15, 0.2) is 0 Å². The summed E-state index contributed by atoms with van der Waals surface area (Å²) in [5.41, 5.74) is 1.79. The van der Waals surface area contributed by atoms with Crippen LogP contribution in [-0.4, -0.2) is 18.2 Å². The van der Waals surface area contributed by atoms with E-state index in [1.165, 1.54) is 6.07 Å². The van der Waals surface area contributed by atoms with Crippen molar-refractivity contribution in [3.63, 3.8) is 0 Å². The Morgan fingerprint density at radius 3 is 2.75 bits per heavy atom. The van der Waals surface area contributed by atoms with Crippen LogP contribution in [0.5, 0.6) is 5.75 Å². The molecule has 0 aliphatic heterocycles. The number of aromatic carboxylic acids is 1. The van der Waals surface area contributed by atoms with Gasteiger partial charge in [0.1, 0.15) is 17.1 Å². The van der Waals surface area contributed by atoms with Gasteiger partial charge in [-0.2, -0.15) is 0 Å². The molecule has 0 amide bonds. The smallest absolute Gasteiger partial charge is 0.335 e. The van der Waals surface area contributed by atoms with Crippen molar-refractivity contribution in [2.75, 3.05) is 7.11 Å². The number of fused-ring (bicyclic) bond motifs is 1. The number of hydrogen-bond acceptors (Lipinski definition) is 3. The minimum atomic E-state index is -0.948. The average molecular weight is 268 g/mol. The number of rotatable bonds is 3. The zero-order valence-corrected chi connectivity index (χ0v) is 10.8. The van der Waals surface area contributed by atoms with Crippen LogP contribution in [0.25, 0.3) is 22.3 Å². The van der Waals surface area contributed by atoms with Crippen LogP contribution in [0.15, 0.2) is 52.9 Å². The van der Waals surface area contributed by atoms with E-state index >= 15 is 0 Å². The molecule has 1 heterocycles. The normalized spacial score (nSPS) is 10.7. The quantitative estimate of drug-likeness (QED) is 0.784. The molecule has 0 aliphatic carbocycles. The van der Waals surface area contributed by atoms with Gasteiger partial charge in [-0.1, -0.05) is 12.1 Å². The lowest BCUT2D eigenvalue weighted by atomic mass is 10.1. The van der Waals surface area contributed by atoms with Gasteiger partial charge in [-0.3, -0.25) is 0 Å². The van der Waals surface area contributed by atoms with E-state index < -0.39 is 5.97 Å². The predicted molar refractivity (Wildman–Crippen MR) is 75.2 cm³/mol. The van der Waals surface area contributed by atoms with Crippen molar-refractivity contribution in [3.8, 4) is 17.1 Å². The topological polar surface area (TPSA) is 59.7 Å². The Bertz CT molecular complexity index is 786. The number of ether oxygens (including phenoxy) is 1. The maximum Gasteiger partial charge on any atom is 0.335 e. The van der Waals surface area contributed by atoms with Gasteiger partial charge in [-0.15, -0.1) is 0 Å². The number of methoxy groups -OCH3 is 1. The number of furan rings is 1. The van der Waals surface area contributed by atoms with Gasteiger partial charge in [0.25, 0.3) is 0 Å². The summed E-state index contributed by atoms with van der Waals surface area (Å²) < 4.78 is 10.9. The summed E-state index contributed by atoms with van der Waals surface area (Å²) >= 11 is 0. The Morgan fingerprint density at radius 2 is 2.00 bits per heavy atom. The van der Waals surface area contributed by atoms with E-state index in [-0.39, 0.29) is 5.56 Å². The molecule has 0 unspecified atom stereocenters. The van der Waals surface area contributed by atoms with Gasteiger partial charge in [0, 0.05) is 10.9 Å². The van der Waals surface area contributed by atoms with Crippen molar-refractivity contribution < 1.29 is 19.1 Å². The molecule has 3 aromatic rings. The highest BCUT2D eigenvalue weighted by atomic mass is 16.5. The minimum Gasteiger partial charge on any atom is -0.497 e. The molecule has 0 bridgehead atoms. The minimum absolute atomic E-state index is 0.246. The summed E-state index contributed by atoms with van der Waals surface area (Å²) in [5.74, 6) is 0.478. The third-order valence-electron chi connectivity index (χ3n) is 3.12. The van der Waals surface area contributed by atoms with Crippen molar-refractivity contribution in [3.05, 3.63) is 54.1 Å². The summed E-state index contributed by atoms with van der Waals surface area (Å²) in [6, 6.07) is 14.2. The first-order valence-electron chi connectivity index (χ1n) is 6.09. The Kier molecular flexibility index (Phi) is 2.91. The first-order chi connectivity index (χ1) is 9.67. The Morgan fingerprint density at radius 1 is 1.15 bits per heavy atom. The molecule has 0 saturated heterocycles. The summed E-state index contributed by atoms with van der Waals surface area (Å²) in [7, 11) is 1.61. The lowest BCUT2D eigenvalue weighted by Crippen LogP contribution is -1.94. The fourth-order valence-electron chi connectivity index (χ4n) is 2.09. The van der Waals surface area contributed by atoms with Crippen LogP contribution >= 0.6 is 0 Å². The van der Waals surface area contributed by atoms with E-state index in [0.29, 0.717) is 11.3 Å². The summed E-state index contributed by atoms with van der Waals surface area (Å²) in [4.78, 5) is 11.0. The first-order valence-corrected chi connectivity index (χ1v) is 6.09. The SMILES string of the molecule is COc1cccc(-c2cc3cc(C(=O)O)ccc3o2)c1. The molecule has 4 nitrogen and oxygen atoms in total.